The minimum atomic E-state index is -0.275. The third-order valence-electron chi connectivity index (χ3n) is 7.29. The highest BCUT2D eigenvalue weighted by molar-refractivity contribution is 5.99. The van der Waals surface area contributed by atoms with Gasteiger partial charge in [0.05, 0.1) is 11.9 Å². The molecule has 6 aromatic rings. The number of fused-ring (bicyclic) bond motifs is 2. The van der Waals surface area contributed by atoms with Gasteiger partial charge in [0, 0.05) is 52.6 Å². The second-order valence-corrected chi connectivity index (χ2v) is 9.78. The van der Waals surface area contributed by atoms with Crippen LogP contribution in [0, 0.1) is 5.82 Å². The number of hydrogen-bond acceptors (Lipinski definition) is 6. The number of likely N-dealkylation sites (tertiary alicyclic amines) is 1. The molecule has 5 aromatic heterocycles. The number of halogens is 1. The maximum atomic E-state index is 14.6. The first-order valence-electron chi connectivity index (χ1n) is 13.1. The van der Waals surface area contributed by atoms with E-state index < -0.39 is 0 Å². The molecule has 1 aromatic carbocycles. The number of nitrogens with zero attached hydrogens (tertiary/aromatic N) is 5. The van der Waals surface area contributed by atoms with Crippen molar-refractivity contribution in [2.45, 2.75) is 12.8 Å². The Morgan fingerprint density at radius 2 is 1.74 bits per heavy atom. The molecule has 1 saturated heterocycles. The van der Waals surface area contributed by atoms with E-state index in [1.54, 1.807) is 30.7 Å². The first-order valence-corrected chi connectivity index (χ1v) is 13.1. The van der Waals surface area contributed by atoms with Gasteiger partial charge in [0.25, 0.3) is 0 Å². The summed E-state index contributed by atoms with van der Waals surface area (Å²) in [5.74, 6) is 0.462. The van der Waals surface area contributed by atoms with Crippen LogP contribution in [0.25, 0.3) is 55.7 Å². The molecule has 0 amide bonds. The number of benzene rings is 1. The maximum absolute atomic E-state index is 14.6. The van der Waals surface area contributed by atoms with Crippen LogP contribution in [-0.4, -0.2) is 61.3 Å². The van der Waals surface area contributed by atoms with Crippen LogP contribution < -0.4 is 4.74 Å². The van der Waals surface area contributed by atoms with E-state index in [-0.39, 0.29) is 5.82 Å². The third kappa shape index (κ3) is 4.51. The van der Waals surface area contributed by atoms with E-state index in [2.05, 4.69) is 35.0 Å². The minimum absolute atomic E-state index is 0.275. The van der Waals surface area contributed by atoms with E-state index in [1.807, 2.05) is 36.5 Å². The van der Waals surface area contributed by atoms with Crippen LogP contribution in [0.3, 0.4) is 0 Å². The second-order valence-electron chi connectivity index (χ2n) is 9.78. The molecular weight excluding hydrogens is 493 g/mol. The standard InChI is InChI=1S/C30H26FN7O/c31-26-6-2-1-5-23(26)22-7-8-33-29-24(22)15-27(35-29)28-25-14-20(17-34-30(25)37-36-28)19-13-21(18-32-16-19)39-12-11-38-9-3-4-10-38/h1-2,5-8,13-18H,3-4,9-12H2,(H,33,35)(H,34,36,37). The number of pyridine rings is 3. The largest absolute Gasteiger partial charge is 0.491 e. The van der Waals surface area contributed by atoms with Crippen molar-refractivity contribution in [1.29, 1.82) is 0 Å². The molecule has 1 fully saturated rings. The SMILES string of the molecule is Fc1ccccc1-c1ccnc2[nH]c(-c3n[nH]c4ncc(-c5cncc(OCCN6CCCC6)c5)cc34)cc12. The predicted octanol–water partition coefficient (Wildman–Crippen LogP) is 5.84. The summed E-state index contributed by atoms with van der Waals surface area (Å²) in [6.07, 6.45) is 9.57. The Hall–Kier alpha value is -4.63. The van der Waals surface area contributed by atoms with Crippen LogP contribution >= 0.6 is 0 Å². The maximum Gasteiger partial charge on any atom is 0.155 e. The van der Waals surface area contributed by atoms with E-state index in [1.165, 1.54) is 18.9 Å². The van der Waals surface area contributed by atoms with Crippen molar-refractivity contribution in [2.75, 3.05) is 26.2 Å². The van der Waals surface area contributed by atoms with Crippen molar-refractivity contribution in [3.63, 3.8) is 0 Å². The monoisotopic (exact) mass is 519 g/mol. The molecule has 0 aliphatic carbocycles. The number of ether oxygens (including phenoxy) is 1. The number of H-pyrrole nitrogens is 2. The van der Waals surface area contributed by atoms with Crippen molar-refractivity contribution in [3.05, 3.63) is 79.1 Å². The van der Waals surface area contributed by atoms with Crippen molar-refractivity contribution >= 4 is 22.1 Å². The number of rotatable bonds is 7. The smallest absolute Gasteiger partial charge is 0.155 e. The number of hydrogen-bond donors (Lipinski definition) is 2. The Bertz CT molecular complexity index is 1790. The summed E-state index contributed by atoms with van der Waals surface area (Å²) in [6.45, 7) is 3.86. The van der Waals surface area contributed by atoms with E-state index in [0.717, 1.165) is 58.5 Å². The highest BCUT2D eigenvalue weighted by Crippen LogP contribution is 2.35. The molecule has 0 bridgehead atoms. The molecule has 0 unspecified atom stereocenters. The van der Waals surface area contributed by atoms with Gasteiger partial charge in [-0.25, -0.2) is 14.4 Å². The van der Waals surface area contributed by atoms with E-state index >= 15 is 0 Å². The normalized spacial score (nSPS) is 14.0. The van der Waals surface area contributed by atoms with Gasteiger partial charge in [-0.3, -0.25) is 15.0 Å². The fourth-order valence-electron chi connectivity index (χ4n) is 5.29. The Labute approximate surface area is 223 Å². The zero-order valence-corrected chi connectivity index (χ0v) is 21.2. The molecule has 39 heavy (non-hydrogen) atoms. The molecule has 1 aliphatic heterocycles. The summed E-state index contributed by atoms with van der Waals surface area (Å²) in [4.78, 5) is 19.3. The van der Waals surface area contributed by atoms with Gasteiger partial charge < -0.3 is 9.72 Å². The van der Waals surface area contributed by atoms with E-state index in [9.17, 15) is 4.39 Å². The molecule has 194 valence electrons. The Kier molecular flexibility index (Phi) is 5.97. The van der Waals surface area contributed by atoms with Gasteiger partial charge in [-0.05, 0) is 61.8 Å². The van der Waals surface area contributed by atoms with Crippen molar-refractivity contribution in [3.8, 4) is 39.4 Å². The Balaban J connectivity index is 1.21. The first-order chi connectivity index (χ1) is 19.2. The lowest BCUT2D eigenvalue weighted by Crippen LogP contribution is -2.25. The topological polar surface area (TPSA) is 95.6 Å². The average molecular weight is 520 g/mol. The van der Waals surface area contributed by atoms with Crippen LogP contribution in [0.15, 0.2) is 73.3 Å². The van der Waals surface area contributed by atoms with E-state index in [4.69, 9.17) is 4.74 Å². The molecule has 9 heteroatoms. The quantitative estimate of drug-likeness (QED) is 0.275. The van der Waals surface area contributed by atoms with Gasteiger partial charge in [-0.15, -0.1) is 0 Å². The average Bonchev–Trinajstić information content (AvgIpc) is 3.73. The predicted molar refractivity (Wildman–Crippen MR) is 149 cm³/mol. The number of aromatic nitrogens is 6. The summed E-state index contributed by atoms with van der Waals surface area (Å²) >= 11 is 0. The van der Waals surface area contributed by atoms with Gasteiger partial charge in [0.1, 0.15) is 29.5 Å². The molecule has 7 rings (SSSR count). The molecule has 2 N–H and O–H groups in total. The van der Waals surface area contributed by atoms with Crippen molar-refractivity contribution < 1.29 is 9.13 Å². The molecule has 0 atom stereocenters. The lowest BCUT2D eigenvalue weighted by atomic mass is 10.0. The summed E-state index contributed by atoms with van der Waals surface area (Å²) in [6, 6.07) is 14.6. The van der Waals surface area contributed by atoms with Gasteiger partial charge in [0.15, 0.2) is 5.65 Å². The van der Waals surface area contributed by atoms with Gasteiger partial charge >= 0.3 is 0 Å². The molecule has 6 heterocycles. The third-order valence-corrected chi connectivity index (χ3v) is 7.29. The van der Waals surface area contributed by atoms with Crippen LogP contribution in [0.2, 0.25) is 0 Å². The minimum Gasteiger partial charge on any atom is -0.491 e. The first kappa shape index (κ1) is 23.5. The molecule has 0 radical (unpaired) electrons. The highest BCUT2D eigenvalue weighted by atomic mass is 19.1. The molecule has 1 aliphatic rings. The van der Waals surface area contributed by atoms with Gasteiger partial charge in [0.2, 0.25) is 0 Å². The zero-order valence-electron chi connectivity index (χ0n) is 21.2. The second kappa shape index (κ2) is 9.92. The molecule has 0 saturated carbocycles. The van der Waals surface area contributed by atoms with Crippen molar-refractivity contribution in [2.24, 2.45) is 0 Å². The van der Waals surface area contributed by atoms with Crippen molar-refractivity contribution in [1.82, 2.24) is 35.0 Å². The summed E-state index contributed by atoms with van der Waals surface area (Å²) in [5.41, 5.74) is 5.92. The number of aromatic amines is 2. The Morgan fingerprint density at radius 1 is 0.872 bits per heavy atom. The Morgan fingerprint density at radius 3 is 2.64 bits per heavy atom. The van der Waals surface area contributed by atoms with Crippen LogP contribution in [0.4, 0.5) is 4.39 Å². The molecular formula is C30H26FN7O. The lowest BCUT2D eigenvalue weighted by Gasteiger charge is -2.15. The molecule has 0 spiro atoms. The lowest BCUT2D eigenvalue weighted by molar-refractivity contribution is 0.237. The fourth-order valence-corrected chi connectivity index (χ4v) is 5.29. The van der Waals surface area contributed by atoms with Gasteiger partial charge in [-0.2, -0.15) is 5.10 Å². The van der Waals surface area contributed by atoms with Crippen LogP contribution in [0.1, 0.15) is 12.8 Å². The summed E-state index contributed by atoms with van der Waals surface area (Å²) in [5, 5.41) is 9.24. The highest BCUT2D eigenvalue weighted by Gasteiger charge is 2.17. The van der Waals surface area contributed by atoms with Crippen LogP contribution in [0.5, 0.6) is 5.75 Å². The van der Waals surface area contributed by atoms with Gasteiger partial charge in [-0.1, -0.05) is 18.2 Å². The van der Waals surface area contributed by atoms with Crippen LogP contribution in [-0.2, 0) is 0 Å². The summed E-state index contributed by atoms with van der Waals surface area (Å²) in [7, 11) is 0. The number of nitrogens with one attached hydrogen (secondary N) is 2. The summed E-state index contributed by atoms with van der Waals surface area (Å²) < 4.78 is 20.6. The zero-order chi connectivity index (χ0) is 26.2. The fraction of sp³-hybridized carbons (Fsp3) is 0.200. The molecule has 8 nitrogen and oxygen atoms in total. The van der Waals surface area contributed by atoms with E-state index in [0.29, 0.717) is 29.2 Å².